The zero-order valence-corrected chi connectivity index (χ0v) is 12.0. The van der Waals surface area contributed by atoms with Crippen LogP contribution in [-0.4, -0.2) is 27.2 Å². The van der Waals surface area contributed by atoms with Crippen molar-refractivity contribution in [2.45, 2.75) is 20.4 Å². The zero-order chi connectivity index (χ0) is 14.5. The first-order chi connectivity index (χ1) is 9.61. The lowest BCUT2D eigenvalue weighted by molar-refractivity contribution is 0.0950. The van der Waals surface area contributed by atoms with Crippen LogP contribution in [-0.2, 0) is 13.6 Å². The van der Waals surface area contributed by atoms with E-state index < -0.39 is 0 Å². The van der Waals surface area contributed by atoms with Gasteiger partial charge in [0.05, 0.1) is 11.8 Å². The van der Waals surface area contributed by atoms with Gasteiger partial charge in [-0.1, -0.05) is 0 Å². The highest BCUT2D eigenvalue weighted by atomic mass is 16.1. The monoisotopic (exact) mass is 273 g/mol. The number of nitrogens with one attached hydrogen (secondary N) is 2. The molecule has 0 unspecified atom stereocenters. The molecule has 2 heterocycles. The molecule has 20 heavy (non-hydrogen) atoms. The van der Waals surface area contributed by atoms with Crippen molar-refractivity contribution in [1.29, 1.82) is 0 Å². The number of rotatable bonds is 5. The normalized spacial score (nSPS) is 10.3. The Labute approximate surface area is 118 Å². The molecular formula is C14H19N5O. The van der Waals surface area contributed by atoms with Crippen LogP contribution >= 0.6 is 0 Å². The molecule has 106 valence electrons. The second kappa shape index (κ2) is 6.18. The number of carbonyl (C=O) groups is 1. The van der Waals surface area contributed by atoms with E-state index in [2.05, 4.69) is 20.7 Å². The SMILES string of the molecule is CCNc1ccc(C(=O)NCc2cnn(C)c2C)cn1. The molecular weight excluding hydrogens is 254 g/mol. The van der Waals surface area contributed by atoms with Gasteiger partial charge in [0.25, 0.3) is 5.91 Å². The topological polar surface area (TPSA) is 71.8 Å². The number of aryl methyl sites for hydroxylation is 1. The van der Waals surface area contributed by atoms with Crippen molar-refractivity contribution in [2.24, 2.45) is 7.05 Å². The lowest BCUT2D eigenvalue weighted by atomic mass is 10.2. The van der Waals surface area contributed by atoms with Crippen LogP contribution in [0, 0.1) is 6.92 Å². The second-order valence-corrected chi connectivity index (χ2v) is 4.52. The fraction of sp³-hybridized carbons (Fsp3) is 0.357. The lowest BCUT2D eigenvalue weighted by Gasteiger charge is -2.06. The average Bonchev–Trinajstić information content (AvgIpc) is 2.77. The predicted octanol–water partition coefficient (Wildman–Crippen LogP) is 1.49. The van der Waals surface area contributed by atoms with Gasteiger partial charge in [0.1, 0.15) is 5.82 Å². The number of aromatic nitrogens is 3. The molecule has 0 saturated carbocycles. The van der Waals surface area contributed by atoms with Gasteiger partial charge in [0.2, 0.25) is 0 Å². The Kier molecular flexibility index (Phi) is 4.34. The summed E-state index contributed by atoms with van der Waals surface area (Å²) in [5, 5.41) is 10.1. The van der Waals surface area contributed by atoms with Gasteiger partial charge >= 0.3 is 0 Å². The van der Waals surface area contributed by atoms with E-state index in [0.717, 1.165) is 23.6 Å². The molecule has 0 saturated heterocycles. The number of pyridine rings is 1. The van der Waals surface area contributed by atoms with Gasteiger partial charge in [-0.25, -0.2) is 4.98 Å². The number of carbonyl (C=O) groups excluding carboxylic acids is 1. The number of nitrogens with zero attached hydrogens (tertiary/aromatic N) is 3. The number of anilines is 1. The van der Waals surface area contributed by atoms with Crippen LogP contribution < -0.4 is 10.6 Å². The fourth-order valence-electron chi connectivity index (χ4n) is 1.81. The van der Waals surface area contributed by atoms with Gasteiger partial charge in [-0.05, 0) is 26.0 Å². The summed E-state index contributed by atoms with van der Waals surface area (Å²) >= 11 is 0. The Hall–Kier alpha value is -2.37. The van der Waals surface area contributed by atoms with E-state index in [4.69, 9.17) is 0 Å². The molecule has 0 atom stereocenters. The van der Waals surface area contributed by atoms with Crippen LogP contribution in [0.1, 0.15) is 28.5 Å². The molecule has 0 bridgehead atoms. The quantitative estimate of drug-likeness (QED) is 0.865. The standard InChI is InChI=1S/C14H19N5O/c1-4-15-13-6-5-11(7-16-13)14(20)17-8-12-9-18-19(3)10(12)2/h5-7,9H,4,8H2,1-3H3,(H,15,16)(H,17,20). The lowest BCUT2D eigenvalue weighted by Crippen LogP contribution is -2.23. The highest BCUT2D eigenvalue weighted by Gasteiger charge is 2.08. The van der Waals surface area contributed by atoms with E-state index in [1.54, 1.807) is 29.2 Å². The van der Waals surface area contributed by atoms with Crippen molar-refractivity contribution >= 4 is 11.7 Å². The summed E-state index contributed by atoms with van der Waals surface area (Å²) in [6.45, 7) is 5.24. The molecule has 0 aliphatic carbocycles. The Bertz CT molecular complexity index is 588. The van der Waals surface area contributed by atoms with Crippen LogP contribution in [0.3, 0.4) is 0 Å². The van der Waals surface area contributed by atoms with Crippen LogP contribution in [0.15, 0.2) is 24.5 Å². The predicted molar refractivity (Wildman–Crippen MR) is 77.5 cm³/mol. The summed E-state index contributed by atoms with van der Waals surface area (Å²) in [4.78, 5) is 16.2. The number of amides is 1. The van der Waals surface area contributed by atoms with Crippen molar-refractivity contribution in [2.75, 3.05) is 11.9 Å². The summed E-state index contributed by atoms with van der Waals surface area (Å²) in [6, 6.07) is 3.56. The summed E-state index contributed by atoms with van der Waals surface area (Å²) in [6.07, 6.45) is 3.34. The minimum Gasteiger partial charge on any atom is -0.370 e. The molecule has 0 spiro atoms. The minimum atomic E-state index is -0.135. The largest absolute Gasteiger partial charge is 0.370 e. The van der Waals surface area contributed by atoms with E-state index in [1.807, 2.05) is 20.9 Å². The molecule has 1 amide bonds. The van der Waals surface area contributed by atoms with Crippen LogP contribution in [0.4, 0.5) is 5.82 Å². The average molecular weight is 273 g/mol. The Morgan fingerprint density at radius 3 is 2.70 bits per heavy atom. The van der Waals surface area contributed by atoms with E-state index in [1.165, 1.54) is 0 Å². The molecule has 0 fully saturated rings. The molecule has 2 aromatic heterocycles. The zero-order valence-electron chi connectivity index (χ0n) is 12.0. The first-order valence-electron chi connectivity index (χ1n) is 6.57. The molecule has 0 aliphatic heterocycles. The first-order valence-corrected chi connectivity index (χ1v) is 6.57. The smallest absolute Gasteiger partial charge is 0.253 e. The van der Waals surface area contributed by atoms with E-state index >= 15 is 0 Å². The molecule has 2 aromatic rings. The Balaban J connectivity index is 1.96. The van der Waals surface area contributed by atoms with Crippen molar-refractivity contribution in [1.82, 2.24) is 20.1 Å². The summed E-state index contributed by atoms with van der Waals surface area (Å²) in [5.41, 5.74) is 2.61. The van der Waals surface area contributed by atoms with Gasteiger partial charge in [-0.2, -0.15) is 5.10 Å². The Morgan fingerprint density at radius 1 is 1.35 bits per heavy atom. The third kappa shape index (κ3) is 3.14. The van der Waals surface area contributed by atoms with Crippen LogP contribution in [0.5, 0.6) is 0 Å². The molecule has 0 aromatic carbocycles. The summed E-state index contributed by atoms with van der Waals surface area (Å²) in [5.74, 6) is 0.635. The van der Waals surface area contributed by atoms with Gasteiger partial charge < -0.3 is 10.6 Å². The van der Waals surface area contributed by atoms with Crippen molar-refractivity contribution in [3.63, 3.8) is 0 Å². The van der Waals surface area contributed by atoms with Crippen molar-refractivity contribution in [3.05, 3.63) is 41.3 Å². The molecule has 2 rings (SSSR count). The van der Waals surface area contributed by atoms with Gasteiger partial charge in [-0.15, -0.1) is 0 Å². The summed E-state index contributed by atoms with van der Waals surface area (Å²) < 4.78 is 1.79. The molecule has 2 N–H and O–H groups in total. The maximum atomic E-state index is 12.0. The third-order valence-electron chi connectivity index (χ3n) is 3.16. The van der Waals surface area contributed by atoms with Gasteiger partial charge in [0, 0.05) is 37.6 Å². The molecule has 0 radical (unpaired) electrons. The molecule has 6 heteroatoms. The van der Waals surface area contributed by atoms with E-state index in [0.29, 0.717) is 12.1 Å². The molecule has 0 aliphatic rings. The van der Waals surface area contributed by atoms with Gasteiger partial charge in [0.15, 0.2) is 0 Å². The van der Waals surface area contributed by atoms with Crippen LogP contribution in [0.2, 0.25) is 0 Å². The van der Waals surface area contributed by atoms with Crippen molar-refractivity contribution in [3.8, 4) is 0 Å². The number of hydrogen-bond donors (Lipinski definition) is 2. The molecule has 6 nitrogen and oxygen atoms in total. The first kappa shape index (κ1) is 14.0. The highest BCUT2D eigenvalue weighted by Crippen LogP contribution is 2.07. The Morgan fingerprint density at radius 2 is 2.15 bits per heavy atom. The van der Waals surface area contributed by atoms with E-state index in [-0.39, 0.29) is 5.91 Å². The highest BCUT2D eigenvalue weighted by molar-refractivity contribution is 5.94. The van der Waals surface area contributed by atoms with Gasteiger partial charge in [-0.3, -0.25) is 9.48 Å². The summed E-state index contributed by atoms with van der Waals surface area (Å²) in [7, 11) is 1.88. The van der Waals surface area contributed by atoms with Crippen LogP contribution in [0.25, 0.3) is 0 Å². The number of hydrogen-bond acceptors (Lipinski definition) is 4. The fourth-order valence-corrected chi connectivity index (χ4v) is 1.81. The van der Waals surface area contributed by atoms with E-state index in [9.17, 15) is 4.79 Å². The minimum absolute atomic E-state index is 0.135. The second-order valence-electron chi connectivity index (χ2n) is 4.52. The maximum absolute atomic E-state index is 12.0. The van der Waals surface area contributed by atoms with Crippen molar-refractivity contribution < 1.29 is 4.79 Å². The third-order valence-corrected chi connectivity index (χ3v) is 3.16. The maximum Gasteiger partial charge on any atom is 0.253 e.